The van der Waals surface area contributed by atoms with Crippen LogP contribution >= 0.6 is 12.4 Å². The fraction of sp³-hybridized carbons (Fsp3) is 0.438. The highest BCUT2D eigenvalue weighted by molar-refractivity contribution is 7.92. The average Bonchev–Trinajstić information content (AvgIpc) is 2.54. The second-order valence-corrected chi connectivity index (χ2v) is 7.38. The first-order valence-electron chi connectivity index (χ1n) is 7.43. The summed E-state index contributed by atoms with van der Waals surface area (Å²) in [6, 6.07) is 6.60. The van der Waals surface area contributed by atoms with Crippen molar-refractivity contribution in [1.29, 1.82) is 0 Å². The maximum absolute atomic E-state index is 12.5. The molecule has 5 nitrogen and oxygen atoms in total. The predicted molar refractivity (Wildman–Crippen MR) is 92.4 cm³/mol. The number of rotatable bonds is 5. The lowest BCUT2D eigenvalue weighted by atomic mass is 10.2. The number of esters is 1. The molecule has 1 fully saturated rings. The standard InChI is InChI=1S/C16H21NO4S.ClH/c1-2-21-16(18)8-5-13-3-6-14(7-4-13)22(19,20)15-9-11-17-12-10-15;/h3-8,15,17H,2,9-12H2,1H3;1H/b8-5+;. The maximum atomic E-state index is 12.5. The zero-order valence-electron chi connectivity index (χ0n) is 13.0. The van der Waals surface area contributed by atoms with Crippen molar-refractivity contribution < 1.29 is 17.9 Å². The predicted octanol–water partition coefficient (Wildman–Crippen LogP) is 2.21. The number of benzene rings is 1. The number of halogens is 1. The number of piperidine rings is 1. The SMILES string of the molecule is CCOC(=O)/C=C/c1ccc(S(=O)(=O)C2CCNCC2)cc1.Cl. The van der Waals surface area contributed by atoms with Gasteiger partial charge in [0.2, 0.25) is 0 Å². The van der Waals surface area contributed by atoms with E-state index in [1.54, 1.807) is 37.3 Å². The van der Waals surface area contributed by atoms with Crippen molar-refractivity contribution in [2.45, 2.75) is 29.9 Å². The minimum absolute atomic E-state index is 0. The van der Waals surface area contributed by atoms with Crippen LogP contribution in [0.25, 0.3) is 6.08 Å². The van der Waals surface area contributed by atoms with Crippen LogP contribution in [0.1, 0.15) is 25.3 Å². The molecule has 2 rings (SSSR count). The van der Waals surface area contributed by atoms with E-state index >= 15 is 0 Å². The van der Waals surface area contributed by atoms with E-state index in [0.29, 0.717) is 24.3 Å². The van der Waals surface area contributed by atoms with Gasteiger partial charge in [0.1, 0.15) is 0 Å². The molecule has 128 valence electrons. The van der Waals surface area contributed by atoms with E-state index in [1.807, 2.05) is 0 Å². The van der Waals surface area contributed by atoms with Crippen LogP contribution < -0.4 is 5.32 Å². The van der Waals surface area contributed by atoms with Gasteiger partial charge in [-0.15, -0.1) is 12.4 Å². The number of hydrogen-bond donors (Lipinski definition) is 1. The molecular weight excluding hydrogens is 338 g/mol. The van der Waals surface area contributed by atoms with Gasteiger partial charge in [0.25, 0.3) is 0 Å². The van der Waals surface area contributed by atoms with Crippen LogP contribution in [-0.4, -0.2) is 39.3 Å². The second kappa shape index (κ2) is 9.05. The average molecular weight is 360 g/mol. The molecule has 1 aromatic carbocycles. The van der Waals surface area contributed by atoms with Gasteiger partial charge in [-0.05, 0) is 56.6 Å². The molecule has 1 aromatic rings. The van der Waals surface area contributed by atoms with Gasteiger partial charge in [-0.2, -0.15) is 0 Å². The summed E-state index contributed by atoms with van der Waals surface area (Å²) in [5, 5.41) is 2.86. The normalized spacial score (nSPS) is 16.0. The largest absolute Gasteiger partial charge is 0.463 e. The Bertz CT molecular complexity index is 635. The van der Waals surface area contributed by atoms with Gasteiger partial charge in [-0.1, -0.05) is 12.1 Å². The van der Waals surface area contributed by atoms with E-state index < -0.39 is 15.8 Å². The summed E-state index contributed by atoms with van der Waals surface area (Å²) in [6.07, 6.45) is 4.23. The molecule has 0 unspecified atom stereocenters. The van der Waals surface area contributed by atoms with Crippen LogP contribution in [0.2, 0.25) is 0 Å². The van der Waals surface area contributed by atoms with Gasteiger partial charge >= 0.3 is 5.97 Å². The lowest BCUT2D eigenvalue weighted by Crippen LogP contribution is -2.35. The molecule has 1 N–H and O–H groups in total. The van der Waals surface area contributed by atoms with Gasteiger partial charge in [-0.3, -0.25) is 0 Å². The van der Waals surface area contributed by atoms with Crippen LogP contribution in [0.4, 0.5) is 0 Å². The Hall–Kier alpha value is -1.37. The maximum Gasteiger partial charge on any atom is 0.330 e. The first kappa shape index (κ1) is 19.7. The Morgan fingerprint density at radius 1 is 1.26 bits per heavy atom. The summed E-state index contributed by atoms with van der Waals surface area (Å²) >= 11 is 0. The molecule has 1 heterocycles. The number of nitrogens with one attached hydrogen (secondary N) is 1. The van der Waals surface area contributed by atoms with Crippen LogP contribution in [0.5, 0.6) is 0 Å². The molecule has 0 atom stereocenters. The van der Waals surface area contributed by atoms with Crippen LogP contribution in [0.15, 0.2) is 35.2 Å². The Kier molecular flexibility index (Phi) is 7.75. The van der Waals surface area contributed by atoms with Crippen molar-refractivity contribution in [3.8, 4) is 0 Å². The lowest BCUT2D eigenvalue weighted by Gasteiger charge is -2.22. The fourth-order valence-corrected chi connectivity index (χ4v) is 4.18. The molecule has 1 aliphatic rings. The summed E-state index contributed by atoms with van der Waals surface area (Å²) < 4.78 is 29.9. The third kappa shape index (κ3) is 5.34. The Morgan fingerprint density at radius 3 is 2.43 bits per heavy atom. The highest BCUT2D eigenvalue weighted by Gasteiger charge is 2.28. The second-order valence-electron chi connectivity index (χ2n) is 5.15. The zero-order chi connectivity index (χ0) is 16.0. The molecule has 0 bridgehead atoms. The molecule has 0 amide bonds. The van der Waals surface area contributed by atoms with Gasteiger partial charge in [0, 0.05) is 6.08 Å². The van der Waals surface area contributed by atoms with E-state index in [-0.39, 0.29) is 17.7 Å². The number of hydrogen-bond acceptors (Lipinski definition) is 5. The van der Waals surface area contributed by atoms with E-state index in [4.69, 9.17) is 4.74 Å². The Labute approximate surface area is 143 Å². The van der Waals surface area contributed by atoms with Crippen molar-refractivity contribution in [2.75, 3.05) is 19.7 Å². The molecule has 0 saturated carbocycles. The molecule has 1 saturated heterocycles. The van der Waals surface area contributed by atoms with Gasteiger partial charge in [0.05, 0.1) is 16.8 Å². The highest BCUT2D eigenvalue weighted by atomic mass is 35.5. The van der Waals surface area contributed by atoms with Crippen LogP contribution in [-0.2, 0) is 19.4 Å². The summed E-state index contributed by atoms with van der Waals surface area (Å²) in [6.45, 7) is 3.55. The van der Waals surface area contributed by atoms with Crippen molar-refractivity contribution in [3.63, 3.8) is 0 Å². The molecular formula is C16H22ClNO4S. The van der Waals surface area contributed by atoms with Crippen LogP contribution in [0, 0.1) is 0 Å². The number of ether oxygens (including phenoxy) is 1. The monoisotopic (exact) mass is 359 g/mol. The number of sulfone groups is 1. The van der Waals surface area contributed by atoms with Gasteiger partial charge in [0.15, 0.2) is 9.84 Å². The lowest BCUT2D eigenvalue weighted by molar-refractivity contribution is -0.137. The first-order chi connectivity index (χ1) is 10.5. The minimum Gasteiger partial charge on any atom is -0.463 e. The Balaban J connectivity index is 0.00000264. The zero-order valence-corrected chi connectivity index (χ0v) is 14.7. The summed E-state index contributed by atoms with van der Waals surface area (Å²) in [4.78, 5) is 11.6. The third-order valence-corrected chi connectivity index (χ3v) is 5.91. The summed E-state index contributed by atoms with van der Waals surface area (Å²) in [7, 11) is -3.27. The quantitative estimate of drug-likeness (QED) is 0.644. The van der Waals surface area contributed by atoms with E-state index in [1.165, 1.54) is 6.08 Å². The molecule has 7 heteroatoms. The molecule has 1 aliphatic heterocycles. The smallest absolute Gasteiger partial charge is 0.330 e. The number of carbonyl (C=O) groups excluding carboxylic acids is 1. The van der Waals surface area contributed by atoms with Crippen LogP contribution in [0.3, 0.4) is 0 Å². The molecule has 23 heavy (non-hydrogen) atoms. The molecule has 0 aliphatic carbocycles. The number of carbonyl (C=O) groups is 1. The van der Waals surface area contributed by atoms with Gasteiger partial charge < -0.3 is 10.1 Å². The van der Waals surface area contributed by atoms with Crippen molar-refractivity contribution in [2.24, 2.45) is 0 Å². The highest BCUT2D eigenvalue weighted by Crippen LogP contribution is 2.22. The van der Waals surface area contributed by atoms with E-state index in [0.717, 1.165) is 18.7 Å². The third-order valence-electron chi connectivity index (χ3n) is 3.63. The molecule has 0 radical (unpaired) electrons. The van der Waals surface area contributed by atoms with Crippen molar-refractivity contribution >= 4 is 34.3 Å². The van der Waals surface area contributed by atoms with E-state index in [9.17, 15) is 13.2 Å². The topological polar surface area (TPSA) is 72.5 Å². The Morgan fingerprint density at radius 2 is 1.87 bits per heavy atom. The fourth-order valence-electron chi connectivity index (χ4n) is 2.42. The molecule has 0 aromatic heterocycles. The first-order valence-corrected chi connectivity index (χ1v) is 8.98. The molecule has 0 spiro atoms. The summed E-state index contributed by atoms with van der Waals surface area (Å²) in [5.41, 5.74) is 0.761. The van der Waals surface area contributed by atoms with Crippen molar-refractivity contribution in [3.05, 3.63) is 35.9 Å². The van der Waals surface area contributed by atoms with Crippen molar-refractivity contribution in [1.82, 2.24) is 5.32 Å². The van der Waals surface area contributed by atoms with E-state index in [2.05, 4.69) is 5.32 Å². The summed E-state index contributed by atoms with van der Waals surface area (Å²) in [5.74, 6) is -0.408. The minimum atomic E-state index is -3.27. The van der Waals surface area contributed by atoms with Gasteiger partial charge in [-0.25, -0.2) is 13.2 Å².